The van der Waals surface area contributed by atoms with E-state index in [0.29, 0.717) is 18.5 Å². The van der Waals surface area contributed by atoms with Gasteiger partial charge in [0.15, 0.2) is 5.82 Å². The number of nitrogens with zero attached hydrogens (tertiary/aromatic N) is 3. The molecule has 1 aromatic heterocycles. The van der Waals surface area contributed by atoms with Gasteiger partial charge in [-0.1, -0.05) is 6.92 Å². The zero-order valence-corrected chi connectivity index (χ0v) is 13.3. The number of aromatic nitrogens is 2. The Kier molecular flexibility index (Phi) is 6.94. The van der Waals surface area contributed by atoms with Crippen LogP contribution < -0.4 is 10.2 Å². The van der Waals surface area contributed by atoms with Crippen LogP contribution in [-0.4, -0.2) is 49.2 Å². The molecule has 0 fully saturated rings. The first kappa shape index (κ1) is 16.0. The Morgan fingerprint density at radius 3 is 2.74 bits per heavy atom. The predicted octanol–water partition coefficient (Wildman–Crippen LogP) is 2.24. The highest BCUT2D eigenvalue weighted by Crippen LogP contribution is 2.20. The zero-order chi connectivity index (χ0) is 14.3. The number of ether oxygens (including phenoxy) is 1. The molecule has 1 rings (SSSR count). The lowest BCUT2D eigenvalue weighted by atomic mass is 10.2. The maximum atomic E-state index is 5.12. The molecule has 0 aliphatic carbocycles. The smallest absolute Gasteiger partial charge is 0.158 e. The number of hydrogen-bond acceptors (Lipinski definition) is 6. The van der Waals surface area contributed by atoms with Crippen LogP contribution in [0.1, 0.15) is 19.2 Å². The van der Waals surface area contributed by atoms with E-state index in [1.807, 2.05) is 24.9 Å². The molecule has 0 saturated heterocycles. The van der Waals surface area contributed by atoms with Gasteiger partial charge in [0.25, 0.3) is 0 Å². The number of rotatable bonds is 8. The first-order valence-corrected chi connectivity index (χ1v) is 7.82. The largest absolute Gasteiger partial charge is 0.377 e. The zero-order valence-electron chi connectivity index (χ0n) is 12.4. The molecule has 1 N–H and O–H groups in total. The van der Waals surface area contributed by atoms with Crippen LogP contribution in [0.15, 0.2) is 6.07 Å². The third kappa shape index (κ3) is 4.54. The number of hydrogen-bond donors (Lipinski definition) is 1. The fraction of sp³-hybridized carbons (Fsp3) is 0.692. The molecule has 0 amide bonds. The maximum absolute atomic E-state index is 5.12. The first-order valence-electron chi connectivity index (χ1n) is 6.42. The number of thioether (sulfide) groups is 1. The highest BCUT2D eigenvalue weighted by atomic mass is 32.2. The SMILES string of the molecule is CCC(CSC)N(C)c1cc(NC)nc(COC)n1. The molecule has 0 bridgehead atoms. The second-order valence-electron chi connectivity index (χ2n) is 4.34. The fourth-order valence-electron chi connectivity index (χ4n) is 1.87. The number of nitrogens with one attached hydrogen (secondary N) is 1. The molecule has 5 nitrogen and oxygen atoms in total. The monoisotopic (exact) mass is 284 g/mol. The van der Waals surface area contributed by atoms with Crippen molar-refractivity contribution >= 4 is 23.4 Å². The van der Waals surface area contributed by atoms with E-state index in [1.54, 1.807) is 7.11 Å². The van der Waals surface area contributed by atoms with Gasteiger partial charge in [0.05, 0.1) is 0 Å². The molecule has 19 heavy (non-hydrogen) atoms. The Morgan fingerprint density at radius 2 is 2.21 bits per heavy atom. The summed E-state index contributed by atoms with van der Waals surface area (Å²) in [5, 5.41) is 3.07. The molecule has 0 radical (unpaired) electrons. The molecular formula is C13H24N4OS. The summed E-state index contributed by atoms with van der Waals surface area (Å²) in [5.41, 5.74) is 0. The van der Waals surface area contributed by atoms with Crippen LogP contribution in [0, 0.1) is 0 Å². The maximum Gasteiger partial charge on any atom is 0.158 e. The summed E-state index contributed by atoms with van der Waals surface area (Å²) in [6, 6.07) is 2.45. The van der Waals surface area contributed by atoms with Gasteiger partial charge < -0.3 is 15.0 Å². The summed E-state index contributed by atoms with van der Waals surface area (Å²) < 4.78 is 5.12. The first-order chi connectivity index (χ1) is 9.15. The van der Waals surface area contributed by atoms with Crippen molar-refractivity contribution in [2.24, 2.45) is 0 Å². The van der Waals surface area contributed by atoms with Crippen molar-refractivity contribution in [3.8, 4) is 0 Å². The van der Waals surface area contributed by atoms with Crippen LogP contribution in [0.2, 0.25) is 0 Å². The summed E-state index contributed by atoms with van der Waals surface area (Å²) >= 11 is 1.86. The average Bonchev–Trinajstić information content (AvgIpc) is 2.44. The van der Waals surface area contributed by atoms with Crippen LogP contribution in [-0.2, 0) is 11.3 Å². The van der Waals surface area contributed by atoms with Gasteiger partial charge in [0.2, 0.25) is 0 Å². The average molecular weight is 284 g/mol. The molecule has 1 atom stereocenters. The van der Waals surface area contributed by atoms with Gasteiger partial charge in [0.1, 0.15) is 18.2 Å². The molecule has 1 aromatic rings. The third-order valence-electron chi connectivity index (χ3n) is 3.03. The minimum Gasteiger partial charge on any atom is -0.377 e. The van der Waals surface area contributed by atoms with Gasteiger partial charge >= 0.3 is 0 Å². The minimum absolute atomic E-state index is 0.426. The summed E-state index contributed by atoms with van der Waals surface area (Å²) in [4.78, 5) is 11.2. The predicted molar refractivity (Wildman–Crippen MR) is 83.2 cm³/mol. The quantitative estimate of drug-likeness (QED) is 0.790. The van der Waals surface area contributed by atoms with Crippen molar-refractivity contribution < 1.29 is 4.74 Å². The van der Waals surface area contributed by atoms with E-state index in [9.17, 15) is 0 Å². The van der Waals surface area contributed by atoms with E-state index >= 15 is 0 Å². The van der Waals surface area contributed by atoms with E-state index in [-0.39, 0.29) is 0 Å². The van der Waals surface area contributed by atoms with Crippen molar-refractivity contribution in [2.75, 3.05) is 43.4 Å². The van der Waals surface area contributed by atoms with E-state index in [2.05, 4.69) is 40.4 Å². The lowest BCUT2D eigenvalue weighted by molar-refractivity contribution is 0.178. The Morgan fingerprint density at radius 1 is 1.47 bits per heavy atom. The van der Waals surface area contributed by atoms with Gasteiger partial charge in [0, 0.05) is 39.1 Å². The summed E-state index contributed by atoms with van der Waals surface area (Å²) in [5.74, 6) is 3.55. The fourth-order valence-corrected chi connectivity index (χ4v) is 2.71. The Hall–Kier alpha value is -1.01. The highest BCUT2D eigenvalue weighted by Gasteiger charge is 2.15. The minimum atomic E-state index is 0.426. The molecule has 0 aliphatic rings. The molecule has 6 heteroatoms. The van der Waals surface area contributed by atoms with Crippen LogP contribution in [0.4, 0.5) is 11.6 Å². The molecule has 0 saturated carbocycles. The van der Waals surface area contributed by atoms with Crippen LogP contribution in [0.3, 0.4) is 0 Å². The molecule has 108 valence electrons. The van der Waals surface area contributed by atoms with Crippen molar-refractivity contribution in [3.63, 3.8) is 0 Å². The molecule has 0 aliphatic heterocycles. The van der Waals surface area contributed by atoms with Crippen molar-refractivity contribution in [3.05, 3.63) is 11.9 Å². The Labute approximate surface area is 120 Å². The molecule has 0 spiro atoms. The van der Waals surface area contributed by atoms with Crippen molar-refractivity contribution in [1.29, 1.82) is 0 Å². The number of methoxy groups -OCH3 is 1. The van der Waals surface area contributed by atoms with E-state index in [1.165, 1.54) is 0 Å². The van der Waals surface area contributed by atoms with E-state index < -0.39 is 0 Å². The normalized spacial score (nSPS) is 12.3. The number of anilines is 2. The van der Waals surface area contributed by atoms with Gasteiger partial charge in [-0.2, -0.15) is 11.8 Å². The topological polar surface area (TPSA) is 50.3 Å². The van der Waals surface area contributed by atoms with Crippen LogP contribution in [0.25, 0.3) is 0 Å². The van der Waals surface area contributed by atoms with Gasteiger partial charge in [-0.15, -0.1) is 0 Å². The molecular weight excluding hydrogens is 260 g/mol. The van der Waals surface area contributed by atoms with Gasteiger partial charge in [-0.25, -0.2) is 9.97 Å². The van der Waals surface area contributed by atoms with E-state index in [4.69, 9.17) is 4.74 Å². The lowest BCUT2D eigenvalue weighted by Crippen LogP contribution is -2.34. The Balaban J connectivity index is 2.99. The second kappa shape index (κ2) is 8.22. The molecule has 0 aromatic carbocycles. The summed E-state index contributed by atoms with van der Waals surface area (Å²) in [7, 11) is 5.60. The standard InChI is InChI=1S/C13H24N4OS/c1-6-10(9-19-5)17(3)13-7-11(14-2)15-12(16-13)8-18-4/h7,10H,6,8-9H2,1-5H3,(H,14,15,16). The van der Waals surface area contributed by atoms with Crippen molar-refractivity contribution in [1.82, 2.24) is 9.97 Å². The molecule has 1 heterocycles. The van der Waals surface area contributed by atoms with Crippen LogP contribution >= 0.6 is 11.8 Å². The molecule has 1 unspecified atom stereocenters. The lowest BCUT2D eigenvalue weighted by Gasteiger charge is -2.28. The Bertz CT molecular complexity index is 389. The summed E-state index contributed by atoms with van der Waals surface area (Å²) in [6.07, 6.45) is 3.22. The van der Waals surface area contributed by atoms with Gasteiger partial charge in [-0.05, 0) is 12.7 Å². The summed E-state index contributed by atoms with van der Waals surface area (Å²) in [6.45, 7) is 2.63. The third-order valence-corrected chi connectivity index (χ3v) is 3.75. The van der Waals surface area contributed by atoms with Gasteiger partial charge in [-0.3, -0.25) is 0 Å². The van der Waals surface area contributed by atoms with Crippen molar-refractivity contribution in [2.45, 2.75) is 26.0 Å². The highest BCUT2D eigenvalue weighted by molar-refractivity contribution is 7.98. The van der Waals surface area contributed by atoms with E-state index in [0.717, 1.165) is 23.8 Å². The van der Waals surface area contributed by atoms with Crippen LogP contribution in [0.5, 0.6) is 0 Å². The second-order valence-corrected chi connectivity index (χ2v) is 5.25.